The van der Waals surface area contributed by atoms with Crippen LogP contribution in [0.5, 0.6) is 0 Å². The maximum atomic E-state index is 12.2. The fraction of sp³-hybridized carbons (Fsp3) is 0.438. The predicted octanol–water partition coefficient (Wildman–Crippen LogP) is 2.43. The molecule has 0 aromatic heterocycles. The summed E-state index contributed by atoms with van der Waals surface area (Å²) in [6.45, 7) is 7.70. The van der Waals surface area contributed by atoms with Gasteiger partial charge in [-0.25, -0.2) is 0 Å². The zero-order valence-corrected chi connectivity index (χ0v) is 11.6. The van der Waals surface area contributed by atoms with Crippen molar-refractivity contribution >= 4 is 5.91 Å². The molecule has 3 nitrogen and oxygen atoms in total. The van der Waals surface area contributed by atoms with Crippen molar-refractivity contribution in [3.05, 3.63) is 48.0 Å². The molecule has 1 atom stereocenters. The molecule has 1 N–H and O–H groups in total. The zero-order chi connectivity index (χ0) is 13.7. The first kappa shape index (κ1) is 13.8. The number of nitrogens with one attached hydrogen (secondary N) is 1. The monoisotopic (exact) mass is 258 g/mol. The fourth-order valence-corrected chi connectivity index (χ4v) is 2.73. The van der Waals surface area contributed by atoms with Gasteiger partial charge >= 0.3 is 0 Å². The van der Waals surface area contributed by atoms with Gasteiger partial charge in [0.2, 0.25) is 5.91 Å². The highest BCUT2D eigenvalue weighted by Crippen LogP contribution is 2.33. The minimum atomic E-state index is 0.188. The van der Waals surface area contributed by atoms with Crippen LogP contribution in [-0.4, -0.2) is 30.4 Å². The first-order chi connectivity index (χ1) is 9.24. The van der Waals surface area contributed by atoms with Crippen LogP contribution in [0.2, 0.25) is 0 Å². The normalized spacial score (nSPS) is 18.6. The molecule has 1 amide bonds. The first-order valence-electron chi connectivity index (χ1n) is 6.90. The molecule has 19 heavy (non-hydrogen) atoms. The quantitative estimate of drug-likeness (QED) is 0.650. The lowest BCUT2D eigenvalue weighted by Gasteiger charge is -2.26. The van der Waals surface area contributed by atoms with Gasteiger partial charge in [0.15, 0.2) is 0 Å². The van der Waals surface area contributed by atoms with Crippen molar-refractivity contribution in [2.24, 2.45) is 0 Å². The highest BCUT2D eigenvalue weighted by atomic mass is 16.2. The number of benzene rings is 1. The second-order valence-electron chi connectivity index (χ2n) is 5.02. The Labute approximate surface area is 115 Å². The van der Waals surface area contributed by atoms with E-state index in [1.165, 1.54) is 11.1 Å². The Balaban J connectivity index is 2.06. The van der Waals surface area contributed by atoms with Crippen LogP contribution in [0.15, 0.2) is 36.9 Å². The molecule has 1 aliphatic heterocycles. The maximum Gasteiger partial charge on any atom is 0.237 e. The number of aryl methyl sites for hydroxylation is 1. The summed E-state index contributed by atoms with van der Waals surface area (Å²) in [4.78, 5) is 14.3. The zero-order valence-electron chi connectivity index (χ0n) is 11.6. The van der Waals surface area contributed by atoms with Crippen LogP contribution in [0.3, 0.4) is 0 Å². The molecule has 1 aromatic carbocycles. The van der Waals surface area contributed by atoms with E-state index in [2.05, 4.69) is 37.0 Å². The number of likely N-dealkylation sites (tertiary alicyclic amines) is 1. The lowest BCUT2D eigenvalue weighted by atomic mass is 9.99. The molecule has 1 fully saturated rings. The number of hydrogen-bond donors (Lipinski definition) is 1. The molecule has 102 valence electrons. The van der Waals surface area contributed by atoms with E-state index in [1.807, 2.05) is 11.0 Å². The molecule has 0 aliphatic carbocycles. The van der Waals surface area contributed by atoms with Crippen molar-refractivity contribution in [3.63, 3.8) is 0 Å². The maximum absolute atomic E-state index is 12.2. The molecule has 0 bridgehead atoms. The van der Waals surface area contributed by atoms with Gasteiger partial charge in [0.05, 0.1) is 12.6 Å². The lowest BCUT2D eigenvalue weighted by Crippen LogP contribution is -2.38. The number of carbonyl (C=O) groups is 1. The third-order valence-corrected chi connectivity index (χ3v) is 3.69. The summed E-state index contributed by atoms with van der Waals surface area (Å²) in [5.41, 5.74) is 2.56. The highest BCUT2D eigenvalue weighted by molar-refractivity contribution is 5.79. The summed E-state index contributed by atoms with van der Waals surface area (Å²) in [6.07, 6.45) is 3.93. The molecule has 2 rings (SSSR count). The smallest absolute Gasteiger partial charge is 0.237 e. The van der Waals surface area contributed by atoms with Crippen molar-refractivity contribution in [1.29, 1.82) is 0 Å². The highest BCUT2D eigenvalue weighted by Gasteiger charge is 2.30. The molecule has 0 radical (unpaired) electrons. The topological polar surface area (TPSA) is 32.3 Å². The summed E-state index contributed by atoms with van der Waals surface area (Å²) in [5.74, 6) is 0.188. The number of carbonyl (C=O) groups excluding carboxylic acids is 1. The first-order valence-corrected chi connectivity index (χ1v) is 6.90. The average Bonchev–Trinajstić information content (AvgIpc) is 2.88. The van der Waals surface area contributed by atoms with E-state index in [-0.39, 0.29) is 11.9 Å². The Morgan fingerprint density at radius 1 is 1.53 bits per heavy atom. The van der Waals surface area contributed by atoms with Crippen molar-refractivity contribution < 1.29 is 4.79 Å². The molecule has 1 aliphatic rings. The molecule has 0 spiro atoms. The van der Waals surface area contributed by atoms with E-state index in [1.54, 1.807) is 6.08 Å². The SMILES string of the molecule is C=CCNCC(=O)N1CCCC1c1ccccc1C. The summed E-state index contributed by atoms with van der Waals surface area (Å²) in [6, 6.07) is 8.61. The van der Waals surface area contributed by atoms with Crippen LogP contribution in [0.4, 0.5) is 0 Å². The Morgan fingerprint density at radius 3 is 3.05 bits per heavy atom. The molecule has 3 heteroatoms. The van der Waals surface area contributed by atoms with Gasteiger partial charge in [-0.3, -0.25) is 4.79 Å². The van der Waals surface area contributed by atoms with Crippen LogP contribution in [-0.2, 0) is 4.79 Å². The molecule has 0 saturated carbocycles. The van der Waals surface area contributed by atoms with E-state index < -0.39 is 0 Å². The van der Waals surface area contributed by atoms with Crippen molar-refractivity contribution in [2.75, 3.05) is 19.6 Å². The molecule has 1 unspecified atom stereocenters. The van der Waals surface area contributed by atoms with Crippen molar-refractivity contribution in [1.82, 2.24) is 10.2 Å². The minimum absolute atomic E-state index is 0.188. The van der Waals surface area contributed by atoms with Gasteiger partial charge in [-0.2, -0.15) is 0 Å². The Hall–Kier alpha value is -1.61. The third kappa shape index (κ3) is 3.24. The van der Waals surface area contributed by atoms with Crippen molar-refractivity contribution in [2.45, 2.75) is 25.8 Å². The Kier molecular flexibility index (Phi) is 4.74. The number of amides is 1. The van der Waals surface area contributed by atoms with Crippen LogP contribution in [0, 0.1) is 6.92 Å². The Bertz CT molecular complexity index is 456. The van der Waals surface area contributed by atoms with Gasteiger partial charge in [0.25, 0.3) is 0 Å². The van der Waals surface area contributed by atoms with Gasteiger partial charge in [-0.1, -0.05) is 30.3 Å². The minimum Gasteiger partial charge on any atom is -0.335 e. The van der Waals surface area contributed by atoms with Crippen LogP contribution in [0.1, 0.15) is 30.0 Å². The fourth-order valence-electron chi connectivity index (χ4n) is 2.73. The number of rotatable bonds is 5. The molecule has 1 heterocycles. The van der Waals surface area contributed by atoms with Crippen LogP contribution < -0.4 is 5.32 Å². The third-order valence-electron chi connectivity index (χ3n) is 3.69. The van der Waals surface area contributed by atoms with E-state index in [4.69, 9.17) is 0 Å². The average molecular weight is 258 g/mol. The van der Waals surface area contributed by atoms with E-state index >= 15 is 0 Å². The largest absolute Gasteiger partial charge is 0.335 e. The summed E-state index contributed by atoms with van der Waals surface area (Å²) in [7, 11) is 0. The lowest BCUT2D eigenvalue weighted by molar-refractivity contribution is -0.131. The Morgan fingerprint density at radius 2 is 2.32 bits per heavy atom. The number of hydrogen-bond acceptors (Lipinski definition) is 2. The van der Waals surface area contributed by atoms with Gasteiger partial charge < -0.3 is 10.2 Å². The van der Waals surface area contributed by atoms with Gasteiger partial charge in [0, 0.05) is 13.1 Å². The van der Waals surface area contributed by atoms with E-state index in [9.17, 15) is 4.79 Å². The van der Waals surface area contributed by atoms with Gasteiger partial charge in [-0.15, -0.1) is 6.58 Å². The second kappa shape index (κ2) is 6.53. The van der Waals surface area contributed by atoms with Crippen LogP contribution >= 0.6 is 0 Å². The predicted molar refractivity (Wildman–Crippen MR) is 77.9 cm³/mol. The van der Waals surface area contributed by atoms with Gasteiger partial charge in [0.1, 0.15) is 0 Å². The van der Waals surface area contributed by atoms with Crippen molar-refractivity contribution in [3.8, 4) is 0 Å². The van der Waals surface area contributed by atoms with E-state index in [0.29, 0.717) is 13.1 Å². The summed E-state index contributed by atoms with van der Waals surface area (Å²) >= 11 is 0. The standard InChI is InChI=1S/C16H22N2O/c1-3-10-17-12-16(19)18-11-6-9-15(18)14-8-5-4-7-13(14)2/h3-5,7-8,15,17H,1,6,9-12H2,2H3. The molecule has 1 aromatic rings. The van der Waals surface area contributed by atoms with Gasteiger partial charge in [-0.05, 0) is 30.9 Å². The number of nitrogens with zero attached hydrogens (tertiary/aromatic N) is 1. The van der Waals surface area contributed by atoms with Crippen LogP contribution in [0.25, 0.3) is 0 Å². The summed E-state index contributed by atoms with van der Waals surface area (Å²) < 4.78 is 0. The summed E-state index contributed by atoms with van der Waals surface area (Å²) in [5, 5.41) is 3.09. The molecular weight excluding hydrogens is 236 g/mol. The molecule has 1 saturated heterocycles. The molecular formula is C16H22N2O. The van der Waals surface area contributed by atoms with E-state index in [0.717, 1.165) is 19.4 Å². The second-order valence-corrected chi connectivity index (χ2v) is 5.02.